The van der Waals surface area contributed by atoms with E-state index in [-0.39, 0.29) is 5.96 Å². The standard InChI is InChI=1S/C14H17Br2N5/c15-9-4-5-11(10(16)8-9)21-13(18)19-12(17)20-14(21)6-2-1-3-7-14/h4-5,8H,1-3,6-7H2,(H4,17,18,19,20). The Morgan fingerprint density at radius 2 is 1.81 bits per heavy atom. The summed E-state index contributed by atoms with van der Waals surface area (Å²) in [6, 6.07) is 6.01. The van der Waals surface area contributed by atoms with E-state index in [9.17, 15) is 0 Å². The lowest BCUT2D eigenvalue weighted by Gasteiger charge is -2.45. The number of rotatable bonds is 1. The largest absolute Gasteiger partial charge is 0.369 e. The van der Waals surface area contributed by atoms with Crippen molar-refractivity contribution in [2.24, 2.45) is 21.5 Å². The van der Waals surface area contributed by atoms with Crippen molar-refractivity contribution in [3.8, 4) is 0 Å². The average Bonchev–Trinajstić information content (AvgIpc) is 2.41. The second-order valence-corrected chi connectivity index (χ2v) is 7.18. The molecule has 0 bridgehead atoms. The topological polar surface area (TPSA) is 80.0 Å². The molecule has 0 unspecified atom stereocenters. The maximum absolute atomic E-state index is 6.20. The molecule has 0 aromatic heterocycles. The molecule has 0 saturated heterocycles. The van der Waals surface area contributed by atoms with Gasteiger partial charge in [0, 0.05) is 8.95 Å². The van der Waals surface area contributed by atoms with Crippen molar-refractivity contribution in [3.05, 3.63) is 27.1 Å². The van der Waals surface area contributed by atoms with E-state index in [2.05, 4.69) is 41.8 Å². The average molecular weight is 415 g/mol. The first-order valence-corrected chi connectivity index (χ1v) is 8.55. The third kappa shape index (κ3) is 2.68. The van der Waals surface area contributed by atoms with Crippen molar-refractivity contribution in [2.75, 3.05) is 4.90 Å². The van der Waals surface area contributed by atoms with Gasteiger partial charge in [0.05, 0.1) is 5.69 Å². The molecule has 1 spiro atoms. The molecule has 3 rings (SSSR count). The third-order valence-electron chi connectivity index (χ3n) is 4.00. The van der Waals surface area contributed by atoms with Crippen molar-refractivity contribution in [1.29, 1.82) is 0 Å². The van der Waals surface area contributed by atoms with E-state index >= 15 is 0 Å². The van der Waals surface area contributed by atoms with Crippen LogP contribution < -0.4 is 16.4 Å². The van der Waals surface area contributed by atoms with Crippen LogP contribution in [0.2, 0.25) is 0 Å². The highest BCUT2D eigenvalue weighted by atomic mass is 79.9. The van der Waals surface area contributed by atoms with Gasteiger partial charge in [-0.05, 0) is 59.8 Å². The first-order valence-electron chi connectivity index (χ1n) is 6.97. The van der Waals surface area contributed by atoms with Crippen LogP contribution in [-0.4, -0.2) is 17.6 Å². The zero-order valence-electron chi connectivity index (χ0n) is 11.5. The molecule has 4 N–H and O–H groups in total. The number of hydrogen-bond acceptors (Lipinski definition) is 5. The van der Waals surface area contributed by atoms with Crippen LogP contribution in [0, 0.1) is 0 Å². The van der Waals surface area contributed by atoms with E-state index in [1.54, 1.807) is 0 Å². The summed E-state index contributed by atoms with van der Waals surface area (Å²) in [5.41, 5.74) is 12.6. The molecule has 7 heteroatoms. The van der Waals surface area contributed by atoms with E-state index in [0.717, 1.165) is 40.3 Å². The summed E-state index contributed by atoms with van der Waals surface area (Å²) in [5.74, 6) is 0.686. The number of nitrogens with two attached hydrogens (primary N) is 2. The molecule has 0 amide bonds. The van der Waals surface area contributed by atoms with Gasteiger partial charge in [-0.25, -0.2) is 4.99 Å². The Hall–Kier alpha value is -1.08. The Labute approximate surface area is 140 Å². The molecule has 1 aliphatic carbocycles. The summed E-state index contributed by atoms with van der Waals surface area (Å²) in [5, 5.41) is 0. The van der Waals surface area contributed by atoms with Gasteiger partial charge >= 0.3 is 0 Å². The summed E-state index contributed by atoms with van der Waals surface area (Å²) < 4.78 is 1.96. The van der Waals surface area contributed by atoms with Crippen LogP contribution in [0.1, 0.15) is 32.1 Å². The Kier molecular flexibility index (Phi) is 3.96. The van der Waals surface area contributed by atoms with Gasteiger partial charge in [-0.15, -0.1) is 0 Å². The summed E-state index contributed by atoms with van der Waals surface area (Å²) in [6.45, 7) is 0. The highest BCUT2D eigenvalue weighted by Gasteiger charge is 2.43. The molecule has 21 heavy (non-hydrogen) atoms. The maximum atomic E-state index is 6.20. The Morgan fingerprint density at radius 1 is 1.10 bits per heavy atom. The molecule has 1 saturated carbocycles. The van der Waals surface area contributed by atoms with Gasteiger partial charge in [-0.2, -0.15) is 4.99 Å². The van der Waals surface area contributed by atoms with Gasteiger partial charge in [0.2, 0.25) is 11.9 Å². The van der Waals surface area contributed by atoms with E-state index in [1.165, 1.54) is 6.42 Å². The molecular weight excluding hydrogens is 398 g/mol. The number of hydrogen-bond donors (Lipinski definition) is 2. The van der Waals surface area contributed by atoms with Crippen LogP contribution in [0.3, 0.4) is 0 Å². The lowest BCUT2D eigenvalue weighted by Crippen LogP contribution is -2.58. The summed E-state index contributed by atoms with van der Waals surface area (Å²) in [7, 11) is 0. The molecule has 1 heterocycles. The smallest absolute Gasteiger partial charge is 0.220 e. The van der Waals surface area contributed by atoms with Gasteiger partial charge in [0.25, 0.3) is 0 Å². The SMILES string of the molecule is NC1=NC2(CCCCC2)N(c2ccc(Br)cc2Br)C(N)=N1. The lowest BCUT2D eigenvalue weighted by atomic mass is 9.87. The minimum Gasteiger partial charge on any atom is -0.369 e. The van der Waals surface area contributed by atoms with Gasteiger partial charge in [0.1, 0.15) is 5.66 Å². The first kappa shape index (κ1) is 14.8. The zero-order chi connectivity index (χ0) is 15.0. The predicted octanol–water partition coefficient (Wildman–Crippen LogP) is 3.32. The van der Waals surface area contributed by atoms with Crippen LogP contribution >= 0.6 is 31.9 Å². The first-order chi connectivity index (χ1) is 10.0. The highest BCUT2D eigenvalue weighted by molar-refractivity contribution is 9.11. The maximum Gasteiger partial charge on any atom is 0.220 e. The molecular formula is C14H17Br2N5. The Balaban J connectivity index is 2.10. The molecule has 1 aromatic rings. The van der Waals surface area contributed by atoms with Gasteiger partial charge in [-0.3, -0.25) is 4.90 Å². The normalized spacial score (nSPS) is 21.1. The fraction of sp³-hybridized carbons (Fsp3) is 0.429. The van der Waals surface area contributed by atoms with E-state index in [4.69, 9.17) is 11.5 Å². The lowest BCUT2D eigenvalue weighted by molar-refractivity contribution is 0.305. The van der Waals surface area contributed by atoms with E-state index < -0.39 is 5.66 Å². The molecule has 0 radical (unpaired) electrons. The second kappa shape index (κ2) is 5.61. The third-order valence-corrected chi connectivity index (χ3v) is 5.13. The Morgan fingerprint density at radius 3 is 2.48 bits per heavy atom. The molecule has 0 atom stereocenters. The van der Waals surface area contributed by atoms with Crippen LogP contribution in [-0.2, 0) is 0 Å². The quantitative estimate of drug-likeness (QED) is 0.739. The number of benzene rings is 1. The number of aliphatic imine (C=N–C) groups is 2. The molecule has 2 aliphatic rings. The number of halogens is 2. The monoisotopic (exact) mass is 413 g/mol. The fourth-order valence-electron chi connectivity index (χ4n) is 3.13. The van der Waals surface area contributed by atoms with Crippen molar-refractivity contribution in [1.82, 2.24) is 0 Å². The van der Waals surface area contributed by atoms with Crippen LogP contribution in [0.25, 0.3) is 0 Å². The van der Waals surface area contributed by atoms with Gasteiger partial charge < -0.3 is 11.5 Å². The molecule has 1 aromatic carbocycles. The van der Waals surface area contributed by atoms with Crippen molar-refractivity contribution in [2.45, 2.75) is 37.8 Å². The fourth-order valence-corrected chi connectivity index (χ4v) is 4.36. The molecule has 112 valence electrons. The van der Waals surface area contributed by atoms with E-state index in [1.807, 2.05) is 23.1 Å². The van der Waals surface area contributed by atoms with Crippen LogP contribution in [0.15, 0.2) is 37.1 Å². The van der Waals surface area contributed by atoms with Gasteiger partial charge in [0.15, 0.2) is 0 Å². The molecule has 5 nitrogen and oxygen atoms in total. The summed E-state index contributed by atoms with van der Waals surface area (Å²) in [6.07, 6.45) is 5.34. The number of anilines is 1. The highest BCUT2D eigenvalue weighted by Crippen LogP contribution is 2.42. The van der Waals surface area contributed by atoms with E-state index in [0.29, 0.717) is 5.96 Å². The van der Waals surface area contributed by atoms with Crippen molar-refractivity contribution in [3.63, 3.8) is 0 Å². The van der Waals surface area contributed by atoms with Crippen LogP contribution in [0.5, 0.6) is 0 Å². The van der Waals surface area contributed by atoms with Crippen molar-refractivity contribution < 1.29 is 0 Å². The summed E-state index contributed by atoms with van der Waals surface area (Å²) >= 11 is 7.09. The Bertz CT molecular complexity index is 620. The molecule has 1 fully saturated rings. The minimum absolute atomic E-state index is 0.277. The molecule has 1 aliphatic heterocycles. The second-order valence-electron chi connectivity index (χ2n) is 5.41. The van der Waals surface area contributed by atoms with Crippen molar-refractivity contribution >= 4 is 49.5 Å². The van der Waals surface area contributed by atoms with Gasteiger partial charge in [-0.1, -0.05) is 22.4 Å². The predicted molar refractivity (Wildman–Crippen MR) is 93.4 cm³/mol. The number of guanidine groups is 2. The zero-order valence-corrected chi connectivity index (χ0v) is 14.7. The van der Waals surface area contributed by atoms with Crippen LogP contribution in [0.4, 0.5) is 5.69 Å². The number of nitrogens with zero attached hydrogens (tertiary/aromatic N) is 3. The minimum atomic E-state index is -0.398. The summed E-state index contributed by atoms with van der Waals surface area (Å²) in [4.78, 5) is 10.9.